The van der Waals surface area contributed by atoms with Gasteiger partial charge in [-0.15, -0.1) is 0 Å². The molecule has 1 aliphatic rings. The average Bonchev–Trinajstić information content (AvgIpc) is 1.91. The molecule has 0 aliphatic carbocycles. The molecule has 0 spiro atoms. The second-order valence-electron chi connectivity index (χ2n) is 2.34. The van der Waals surface area contributed by atoms with E-state index in [1.54, 1.807) is 0 Å². The topological polar surface area (TPSA) is 23.3 Å². The fraction of sp³-hybridized carbons (Fsp3) is 1.00. The van der Waals surface area contributed by atoms with E-state index >= 15 is 0 Å². The molecule has 1 saturated heterocycles. The fourth-order valence-electron chi connectivity index (χ4n) is 1.13. The Labute approximate surface area is 56.6 Å². The Morgan fingerprint density at radius 3 is 2.67 bits per heavy atom. The first-order chi connectivity index (χ1) is 4.43. The van der Waals surface area contributed by atoms with Crippen LogP contribution in [0.3, 0.4) is 0 Å². The minimum atomic E-state index is 0.601. The lowest BCUT2D eigenvalue weighted by atomic mass is 10.1. The van der Waals surface area contributed by atoms with Crippen LogP contribution in [0, 0.1) is 0 Å². The molecule has 0 aromatic rings. The summed E-state index contributed by atoms with van der Waals surface area (Å²) in [6.45, 7) is 4.88. The molecule has 0 saturated carbocycles. The average molecular weight is 128 g/mol. The van der Waals surface area contributed by atoms with Crippen LogP contribution in [0.5, 0.6) is 0 Å². The van der Waals surface area contributed by atoms with Gasteiger partial charge in [-0.05, 0) is 12.8 Å². The van der Waals surface area contributed by atoms with Crippen molar-refractivity contribution in [1.29, 1.82) is 0 Å². The van der Waals surface area contributed by atoms with Gasteiger partial charge in [0.2, 0.25) is 0 Å². The molecule has 0 bridgehead atoms. The molecule has 53 valence electrons. The highest BCUT2D eigenvalue weighted by atomic mass is 16.5. The molecule has 1 aliphatic heterocycles. The van der Waals surface area contributed by atoms with Gasteiger partial charge in [-0.3, -0.25) is 0 Å². The van der Waals surface area contributed by atoms with E-state index in [1.165, 1.54) is 0 Å². The highest BCUT2D eigenvalue weighted by molar-refractivity contribution is 4.67. The number of hydrogen-bond acceptors (Lipinski definition) is 1. The van der Waals surface area contributed by atoms with E-state index in [-0.39, 0.29) is 0 Å². The van der Waals surface area contributed by atoms with Crippen molar-refractivity contribution < 1.29 is 4.74 Å². The van der Waals surface area contributed by atoms with E-state index in [4.69, 9.17) is 4.74 Å². The zero-order valence-corrected chi connectivity index (χ0v) is 5.97. The van der Waals surface area contributed by atoms with Crippen LogP contribution in [0.15, 0.2) is 0 Å². The molecule has 1 heterocycles. The third kappa shape index (κ3) is 2.33. The van der Waals surface area contributed by atoms with Gasteiger partial charge in [0, 0.05) is 25.8 Å². The van der Waals surface area contributed by atoms with Gasteiger partial charge in [-0.1, -0.05) is 6.92 Å². The van der Waals surface area contributed by atoms with Crippen LogP contribution in [0.4, 0.5) is 0 Å². The standard InChI is InChI=1S/C7H14NO/c1-2-8-7-3-5-9-6-4-7/h7H,2-6H2,1H3. The van der Waals surface area contributed by atoms with Gasteiger partial charge in [0.05, 0.1) is 0 Å². The first-order valence-electron chi connectivity index (χ1n) is 3.68. The monoisotopic (exact) mass is 128 g/mol. The molecule has 9 heavy (non-hydrogen) atoms. The summed E-state index contributed by atoms with van der Waals surface area (Å²) in [4.78, 5) is 0. The number of nitrogens with zero attached hydrogens (tertiary/aromatic N) is 1. The Hall–Kier alpha value is -0.0800. The van der Waals surface area contributed by atoms with Crippen molar-refractivity contribution >= 4 is 0 Å². The molecule has 2 heteroatoms. The molecule has 2 nitrogen and oxygen atoms in total. The Morgan fingerprint density at radius 1 is 1.44 bits per heavy atom. The Kier molecular flexibility index (Phi) is 3.01. The normalized spacial score (nSPS) is 22.3. The van der Waals surface area contributed by atoms with E-state index in [9.17, 15) is 0 Å². The zero-order valence-electron chi connectivity index (χ0n) is 5.97. The molecule has 0 N–H and O–H groups in total. The second kappa shape index (κ2) is 3.85. The second-order valence-corrected chi connectivity index (χ2v) is 2.34. The number of hydrogen-bond donors (Lipinski definition) is 0. The summed E-state index contributed by atoms with van der Waals surface area (Å²) in [6, 6.07) is 0.601. The van der Waals surface area contributed by atoms with Gasteiger partial charge in [0.1, 0.15) is 0 Å². The van der Waals surface area contributed by atoms with Crippen LogP contribution in [0.1, 0.15) is 19.8 Å². The van der Waals surface area contributed by atoms with E-state index < -0.39 is 0 Å². The highest BCUT2D eigenvalue weighted by Gasteiger charge is 2.11. The predicted molar refractivity (Wildman–Crippen MR) is 36.5 cm³/mol. The summed E-state index contributed by atoms with van der Waals surface area (Å²) in [6.07, 6.45) is 2.27. The maximum atomic E-state index is 5.19. The van der Waals surface area contributed by atoms with Crippen molar-refractivity contribution in [3.8, 4) is 0 Å². The SMILES string of the molecule is CC[N]C1CCOCC1. The smallest absolute Gasteiger partial charge is 0.0481 e. The molecule has 0 unspecified atom stereocenters. The maximum absolute atomic E-state index is 5.19. The molecule has 1 radical (unpaired) electrons. The third-order valence-corrected chi connectivity index (χ3v) is 1.63. The summed E-state index contributed by atoms with van der Waals surface area (Å²) >= 11 is 0. The van der Waals surface area contributed by atoms with Gasteiger partial charge in [0.15, 0.2) is 0 Å². The largest absolute Gasteiger partial charge is 0.381 e. The lowest BCUT2D eigenvalue weighted by Gasteiger charge is -2.20. The Bertz CT molecular complexity index is 66.6. The molecule has 0 atom stereocenters. The molecule has 1 rings (SSSR count). The number of rotatable bonds is 2. The van der Waals surface area contributed by atoms with Crippen molar-refractivity contribution in [3.63, 3.8) is 0 Å². The van der Waals surface area contributed by atoms with Crippen LogP contribution in [0.2, 0.25) is 0 Å². The molecular formula is C7H14NO. The van der Waals surface area contributed by atoms with Crippen molar-refractivity contribution in [2.75, 3.05) is 19.8 Å². The van der Waals surface area contributed by atoms with Crippen molar-refractivity contribution in [2.24, 2.45) is 0 Å². The first kappa shape index (κ1) is 7.03. The van der Waals surface area contributed by atoms with E-state index in [2.05, 4.69) is 12.2 Å². The minimum Gasteiger partial charge on any atom is -0.381 e. The summed E-state index contributed by atoms with van der Waals surface area (Å²) in [5.41, 5.74) is 0. The summed E-state index contributed by atoms with van der Waals surface area (Å²) in [5.74, 6) is 0. The van der Waals surface area contributed by atoms with Gasteiger partial charge in [-0.2, -0.15) is 0 Å². The van der Waals surface area contributed by atoms with Crippen molar-refractivity contribution in [3.05, 3.63) is 0 Å². The quantitative estimate of drug-likeness (QED) is 0.539. The minimum absolute atomic E-state index is 0.601. The zero-order chi connectivity index (χ0) is 6.53. The molecule has 0 aromatic heterocycles. The van der Waals surface area contributed by atoms with Crippen molar-refractivity contribution in [2.45, 2.75) is 25.8 Å². The third-order valence-electron chi connectivity index (χ3n) is 1.63. The molecule has 0 aromatic carbocycles. The van der Waals surface area contributed by atoms with Crippen LogP contribution in [-0.4, -0.2) is 25.8 Å². The van der Waals surface area contributed by atoms with Crippen LogP contribution < -0.4 is 5.32 Å². The Balaban J connectivity index is 2.08. The Morgan fingerprint density at radius 2 is 2.11 bits per heavy atom. The van der Waals surface area contributed by atoms with Crippen LogP contribution in [0.25, 0.3) is 0 Å². The number of ether oxygens (including phenoxy) is 1. The van der Waals surface area contributed by atoms with Gasteiger partial charge < -0.3 is 4.74 Å². The van der Waals surface area contributed by atoms with Gasteiger partial charge >= 0.3 is 0 Å². The predicted octanol–water partition coefficient (Wildman–Crippen LogP) is 0.790. The van der Waals surface area contributed by atoms with Crippen LogP contribution >= 0.6 is 0 Å². The summed E-state index contributed by atoms with van der Waals surface area (Å²) < 4.78 is 5.19. The molecular weight excluding hydrogens is 114 g/mol. The molecule has 1 fully saturated rings. The fourth-order valence-corrected chi connectivity index (χ4v) is 1.13. The van der Waals surface area contributed by atoms with E-state index in [0.717, 1.165) is 32.6 Å². The lowest BCUT2D eigenvalue weighted by Crippen LogP contribution is -2.29. The summed E-state index contributed by atoms with van der Waals surface area (Å²) in [7, 11) is 0. The lowest BCUT2D eigenvalue weighted by molar-refractivity contribution is 0.0776. The van der Waals surface area contributed by atoms with Gasteiger partial charge in [0.25, 0.3) is 0 Å². The van der Waals surface area contributed by atoms with Gasteiger partial charge in [-0.25, -0.2) is 5.32 Å². The summed E-state index contributed by atoms with van der Waals surface area (Å²) in [5, 5.41) is 4.40. The van der Waals surface area contributed by atoms with Crippen molar-refractivity contribution in [1.82, 2.24) is 5.32 Å². The maximum Gasteiger partial charge on any atom is 0.0481 e. The highest BCUT2D eigenvalue weighted by Crippen LogP contribution is 2.06. The van der Waals surface area contributed by atoms with E-state index in [0.29, 0.717) is 6.04 Å². The van der Waals surface area contributed by atoms with Crippen LogP contribution in [-0.2, 0) is 4.74 Å². The first-order valence-corrected chi connectivity index (χ1v) is 3.68. The molecule has 0 amide bonds. The van der Waals surface area contributed by atoms with E-state index in [1.807, 2.05) is 0 Å².